The predicted molar refractivity (Wildman–Crippen MR) is 72.8 cm³/mol. The molecular weight excluding hydrogens is 280 g/mol. The number of aryl methyl sites for hydroxylation is 1. The van der Waals surface area contributed by atoms with Crippen molar-refractivity contribution in [3.05, 3.63) is 22.0 Å². The highest BCUT2D eigenvalue weighted by Crippen LogP contribution is 2.26. The van der Waals surface area contributed by atoms with E-state index in [0.717, 1.165) is 10.9 Å². The molecule has 0 fully saturated rings. The lowest BCUT2D eigenvalue weighted by Crippen LogP contribution is -2.42. The van der Waals surface area contributed by atoms with Crippen molar-refractivity contribution >= 4 is 17.6 Å². The molecule has 1 amide bonds. The Labute approximate surface area is 121 Å². The van der Waals surface area contributed by atoms with E-state index in [1.165, 1.54) is 7.05 Å². The van der Waals surface area contributed by atoms with E-state index in [1.54, 1.807) is 13.8 Å². The van der Waals surface area contributed by atoms with Gasteiger partial charge in [-0.2, -0.15) is 5.10 Å². The van der Waals surface area contributed by atoms with Gasteiger partial charge in [0, 0.05) is 13.6 Å². The molecule has 9 heteroatoms. The SMILES string of the molecule is CCC(CC)(CNC(=O)c1nn(C)cc1[N+](=O)[O-])C(=O)O. The molecule has 2 N–H and O–H groups in total. The van der Waals surface area contributed by atoms with Gasteiger partial charge in [0.1, 0.15) is 6.20 Å². The standard InChI is InChI=1S/C12H18N4O5/c1-4-12(5-2,11(18)19)7-13-10(17)9-8(16(20)21)6-15(3)14-9/h6H,4-5,7H2,1-3H3,(H,13,17)(H,18,19). The summed E-state index contributed by atoms with van der Waals surface area (Å²) in [6.45, 7) is 3.32. The molecule has 1 aromatic heterocycles. The fourth-order valence-electron chi connectivity index (χ4n) is 1.98. The molecule has 116 valence electrons. The van der Waals surface area contributed by atoms with Crippen LogP contribution in [0.4, 0.5) is 5.69 Å². The number of nitrogens with one attached hydrogen (secondary N) is 1. The molecule has 0 aromatic carbocycles. The molecule has 0 unspecified atom stereocenters. The Morgan fingerprint density at radius 2 is 2.05 bits per heavy atom. The third-order valence-corrected chi connectivity index (χ3v) is 3.62. The Morgan fingerprint density at radius 3 is 2.48 bits per heavy atom. The van der Waals surface area contributed by atoms with Crippen LogP contribution in [-0.4, -0.2) is 38.2 Å². The van der Waals surface area contributed by atoms with Gasteiger partial charge in [-0.15, -0.1) is 0 Å². The van der Waals surface area contributed by atoms with Crippen molar-refractivity contribution in [3.63, 3.8) is 0 Å². The molecule has 0 aliphatic carbocycles. The molecule has 0 aliphatic rings. The fraction of sp³-hybridized carbons (Fsp3) is 0.583. The van der Waals surface area contributed by atoms with Crippen LogP contribution in [0.3, 0.4) is 0 Å². The largest absolute Gasteiger partial charge is 0.481 e. The zero-order valence-electron chi connectivity index (χ0n) is 12.1. The zero-order valence-corrected chi connectivity index (χ0v) is 12.1. The molecule has 21 heavy (non-hydrogen) atoms. The van der Waals surface area contributed by atoms with E-state index in [0.29, 0.717) is 12.8 Å². The smallest absolute Gasteiger partial charge is 0.320 e. The second kappa shape index (κ2) is 6.33. The maximum Gasteiger partial charge on any atom is 0.320 e. The van der Waals surface area contributed by atoms with Crippen LogP contribution in [0.1, 0.15) is 37.2 Å². The van der Waals surface area contributed by atoms with Crippen LogP contribution in [0.25, 0.3) is 0 Å². The molecule has 0 radical (unpaired) electrons. The minimum absolute atomic E-state index is 0.109. The number of carbonyl (C=O) groups is 2. The average Bonchev–Trinajstić information content (AvgIpc) is 2.82. The number of rotatable bonds is 7. The summed E-state index contributed by atoms with van der Waals surface area (Å²) in [4.78, 5) is 33.5. The first-order valence-electron chi connectivity index (χ1n) is 6.47. The first kappa shape index (κ1) is 16.6. The lowest BCUT2D eigenvalue weighted by molar-refractivity contribution is -0.385. The molecular formula is C12H18N4O5. The Balaban J connectivity index is 2.92. The van der Waals surface area contributed by atoms with Gasteiger partial charge >= 0.3 is 11.7 Å². The molecule has 0 spiro atoms. The molecule has 1 rings (SSSR count). The van der Waals surface area contributed by atoms with Crippen molar-refractivity contribution in [1.82, 2.24) is 15.1 Å². The summed E-state index contributed by atoms with van der Waals surface area (Å²) in [5, 5.41) is 26.3. The number of hydrogen-bond acceptors (Lipinski definition) is 5. The first-order chi connectivity index (χ1) is 9.77. The number of carbonyl (C=O) groups excluding carboxylic acids is 1. The highest BCUT2D eigenvalue weighted by Gasteiger charge is 2.36. The highest BCUT2D eigenvalue weighted by molar-refractivity contribution is 5.96. The van der Waals surface area contributed by atoms with Gasteiger partial charge in [0.25, 0.3) is 5.91 Å². The van der Waals surface area contributed by atoms with Crippen LogP contribution in [0.5, 0.6) is 0 Å². The number of nitrogens with zero attached hydrogens (tertiary/aromatic N) is 3. The van der Waals surface area contributed by atoms with E-state index >= 15 is 0 Å². The van der Waals surface area contributed by atoms with Gasteiger partial charge in [0.15, 0.2) is 0 Å². The van der Waals surface area contributed by atoms with E-state index in [4.69, 9.17) is 0 Å². The summed E-state index contributed by atoms with van der Waals surface area (Å²) in [7, 11) is 1.46. The fourth-order valence-corrected chi connectivity index (χ4v) is 1.98. The number of aromatic nitrogens is 2. The molecule has 0 saturated heterocycles. The monoisotopic (exact) mass is 298 g/mol. The van der Waals surface area contributed by atoms with Crippen LogP contribution in [0, 0.1) is 15.5 Å². The summed E-state index contributed by atoms with van der Waals surface area (Å²) in [5.41, 5.74) is -1.82. The molecule has 1 aromatic rings. The highest BCUT2D eigenvalue weighted by atomic mass is 16.6. The van der Waals surface area contributed by atoms with Gasteiger partial charge < -0.3 is 10.4 Å². The van der Waals surface area contributed by atoms with E-state index in [2.05, 4.69) is 10.4 Å². The van der Waals surface area contributed by atoms with E-state index in [1.807, 2.05) is 0 Å². The minimum atomic E-state index is -1.08. The molecule has 1 heterocycles. The van der Waals surface area contributed by atoms with Gasteiger partial charge in [0.2, 0.25) is 5.69 Å². The van der Waals surface area contributed by atoms with Crippen LogP contribution in [0.2, 0.25) is 0 Å². The summed E-state index contributed by atoms with van der Waals surface area (Å²) in [6.07, 6.45) is 1.80. The van der Waals surface area contributed by atoms with Crippen molar-refractivity contribution < 1.29 is 19.6 Å². The van der Waals surface area contributed by atoms with Crippen LogP contribution in [0.15, 0.2) is 6.20 Å². The summed E-state index contributed by atoms with van der Waals surface area (Å²) in [5.74, 6) is -1.77. The predicted octanol–water partition coefficient (Wildman–Crippen LogP) is 0.949. The maximum atomic E-state index is 12.0. The Bertz CT molecular complexity index is 562. The summed E-state index contributed by atoms with van der Waals surface area (Å²) >= 11 is 0. The average molecular weight is 298 g/mol. The topological polar surface area (TPSA) is 127 Å². The maximum absolute atomic E-state index is 12.0. The van der Waals surface area contributed by atoms with Crippen LogP contribution < -0.4 is 5.32 Å². The number of carboxylic acid groups (broad SMARTS) is 1. The molecule has 9 nitrogen and oxygen atoms in total. The van der Waals surface area contributed by atoms with E-state index in [9.17, 15) is 24.8 Å². The molecule has 0 atom stereocenters. The molecule has 0 aliphatic heterocycles. The Hall–Kier alpha value is -2.45. The Kier molecular flexibility index (Phi) is 5.01. The summed E-state index contributed by atoms with van der Waals surface area (Å²) < 4.78 is 1.16. The van der Waals surface area contributed by atoms with E-state index in [-0.39, 0.29) is 12.2 Å². The van der Waals surface area contributed by atoms with Gasteiger partial charge in [-0.1, -0.05) is 13.8 Å². The van der Waals surface area contributed by atoms with Crippen LogP contribution in [-0.2, 0) is 11.8 Å². The molecule has 0 saturated carbocycles. The van der Waals surface area contributed by atoms with Gasteiger partial charge in [-0.25, -0.2) is 0 Å². The van der Waals surface area contributed by atoms with Crippen molar-refractivity contribution in [1.29, 1.82) is 0 Å². The van der Waals surface area contributed by atoms with Crippen LogP contribution >= 0.6 is 0 Å². The third kappa shape index (κ3) is 3.36. The quantitative estimate of drug-likeness (QED) is 0.569. The number of nitro groups is 1. The summed E-state index contributed by atoms with van der Waals surface area (Å²) in [6, 6.07) is 0. The molecule has 0 bridgehead atoms. The second-order valence-corrected chi connectivity index (χ2v) is 4.77. The van der Waals surface area contributed by atoms with Crippen molar-refractivity contribution in [2.75, 3.05) is 6.54 Å². The van der Waals surface area contributed by atoms with Gasteiger partial charge in [-0.3, -0.25) is 24.4 Å². The number of carboxylic acids is 1. The van der Waals surface area contributed by atoms with Crippen molar-refractivity contribution in [2.24, 2.45) is 12.5 Å². The van der Waals surface area contributed by atoms with Crippen molar-refractivity contribution in [3.8, 4) is 0 Å². The number of aliphatic carboxylic acids is 1. The Morgan fingerprint density at radius 1 is 1.48 bits per heavy atom. The first-order valence-corrected chi connectivity index (χ1v) is 6.47. The lowest BCUT2D eigenvalue weighted by Gasteiger charge is -2.26. The number of hydrogen-bond donors (Lipinski definition) is 2. The minimum Gasteiger partial charge on any atom is -0.481 e. The van der Waals surface area contributed by atoms with Gasteiger partial charge in [0.05, 0.1) is 10.3 Å². The van der Waals surface area contributed by atoms with E-state index < -0.39 is 27.9 Å². The zero-order chi connectivity index (χ0) is 16.2. The normalized spacial score (nSPS) is 11.2. The van der Waals surface area contributed by atoms with Gasteiger partial charge in [-0.05, 0) is 12.8 Å². The van der Waals surface area contributed by atoms with Crippen molar-refractivity contribution in [2.45, 2.75) is 26.7 Å². The number of amides is 1. The second-order valence-electron chi connectivity index (χ2n) is 4.77. The third-order valence-electron chi connectivity index (χ3n) is 3.62. The lowest BCUT2D eigenvalue weighted by atomic mass is 9.82.